The Hall–Kier alpha value is -2.87. The second kappa shape index (κ2) is 6.32. The first-order valence-electron chi connectivity index (χ1n) is 7.32. The van der Waals surface area contributed by atoms with Crippen LogP contribution in [0.1, 0.15) is 17.2 Å². The highest BCUT2D eigenvalue weighted by atomic mass is 16.6. The summed E-state index contributed by atoms with van der Waals surface area (Å²) in [7, 11) is 3.12. The topological polar surface area (TPSA) is 98.0 Å². The molecule has 1 N–H and O–H groups in total. The molecule has 8 heteroatoms. The van der Waals surface area contributed by atoms with Crippen LogP contribution < -0.4 is 14.4 Å². The fourth-order valence-electron chi connectivity index (χ4n) is 2.92. The van der Waals surface area contributed by atoms with E-state index in [4.69, 9.17) is 9.47 Å². The number of benzene rings is 1. The molecule has 0 saturated carbocycles. The Balaban J connectivity index is 1.98. The lowest BCUT2D eigenvalue weighted by molar-refractivity contribution is -0.385. The van der Waals surface area contributed by atoms with Gasteiger partial charge in [-0.3, -0.25) is 10.1 Å². The normalized spacial score (nSPS) is 16.5. The highest BCUT2D eigenvalue weighted by Crippen LogP contribution is 2.40. The molecule has 8 nitrogen and oxygen atoms in total. The zero-order chi connectivity index (χ0) is 17.3. The molecule has 0 radical (unpaired) electrons. The Morgan fingerprint density at radius 2 is 1.96 bits per heavy atom. The summed E-state index contributed by atoms with van der Waals surface area (Å²) in [6.07, 6.45) is 0.427. The summed E-state index contributed by atoms with van der Waals surface area (Å²) in [5, 5.41) is 21.3. The van der Waals surface area contributed by atoms with Crippen molar-refractivity contribution in [2.45, 2.75) is 12.6 Å². The van der Waals surface area contributed by atoms with E-state index in [9.17, 15) is 15.2 Å². The highest BCUT2D eigenvalue weighted by Gasteiger charge is 2.30. The van der Waals surface area contributed by atoms with E-state index in [1.165, 1.54) is 12.3 Å². The van der Waals surface area contributed by atoms with Crippen LogP contribution in [0.25, 0.3) is 0 Å². The zero-order valence-electron chi connectivity index (χ0n) is 13.3. The Morgan fingerprint density at radius 3 is 2.54 bits per heavy atom. The molecule has 0 bridgehead atoms. The van der Waals surface area contributed by atoms with Crippen LogP contribution in [0.4, 0.5) is 11.5 Å². The van der Waals surface area contributed by atoms with Gasteiger partial charge >= 0.3 is 0 Å². The minimum atomic E-state index is -0.782. The van der Waals surface area contributed by atoms with Gasteiger partial charge in [-0.15, -0.1) is 0 Å². The predicted octanol–water partition coefficient (Wildman–Crippen LogP) is 2.06. The van der Waals surface area contributed by atoms with Crippen molar-refractivity contribution >= 4 is 11.5 Å². The van der Waals surface area contributed by atoms with Crippen LogP contribution in [0.5, 0.6) is 11.5 Å². The van der Waals surface area contributed by atoms with Gasteiger partial charge in [-0.05, 0) is 18.2 Å². The summed E-state index contributed by atoms with van der Waals surface area (Å²) in [6.45, 7) is 0.763. The van der Waals surface area contributed by atoms with Crippen molar-refractivity contribution in [2.24, 2.45) is 0 Å². The molecule has 1 aromatic carbocycles. The lowest BCUT2D eigenvalue weighted by Gasteiger charge is -2.34. The Labute approximate surface area is 138 Å². The fourth-order valence-corrected chi connectivity index (χ4v) is 2.92. The molecule has 0 fully saturated rings. The lowest BCUT2D eigenvalue weighted by Crippen LogP contribution is -2.34. The van der Waals surface area contributed by atoms with E-state index >= 15 is 0 Å². The Bertz CT molecular complexity index is 763. The summed E-state index contributed by atoms with van der Waals surface area (Å²) in [6, 6.07) is 6.52. The molecule has 2 aromatic rings. The molecular weight excluding hydrogens is 314 g/mol. The SMILES string of the molecule is COc1ccc(OC)c2c1CN(c1ccc([N+](=O)[O-])cn1)C[C@@H]2O. The van der Waals surface area contributed by atoms with Crippen LogP contribution in [-0.2, 0) is 6.54 Å². The molecule has 3 rings (SSSR count). The standard InChI is InChI=1S/C16H17N3O5/c1-23-13-4-5-14(24-2)16-11(13)8-18(9-12(16)20)15-6-3-10(7-17-15)19(21)22/h3-7,12,20H,8-9H2,1-2H3/t12-/m0/s1. The number of fused-ring (bicyclic) bond motifs is 1. The molecule has 0 aliphatic carbocycles. The highest BCUT2D eigenvalue weighted by molar-refractivity contribution is 5.56. The third kappa shape index (κ3) is 2.71. The van der Waals surface area contributed by atoms with Crippen molar-refractivity contribution < 1.29 is 19.5 Å². The predicted molar refractivity (Wildman–Crippen MR) is 86.4 cm³/mol. The number of pyridine rings is 1. The number of rotatable bonds is 4. The molecule has 0 unspecified atom stereocenters. The van der Waals surface area contributed by atoms with Gasteiger partial charge in [-0.25, -0.2) is 4.98 Å². The van der Waals surface area contributed by atoms with E-state index in [2.05, 4.69) is 4.98 Å². The van der Waals surface area contributed by atoms with Crippen molar-refractivity contribution in [3.63, 3.8) is 0 Å². The van der Waals surface area contributed by atoms with Gasteiger partial charge in [0.05, 0.1) is 25.7 Å². The minimum Gasteiger partial charge on any atom is -0.496 e. The molecule has 1 aliphatic rings. The first-order valence-corrected chi connectivity index (χ1v) is 7.32. The summed E-state index contributed by atoms with van der Waals surface area (Å²) in [4.78, 5) is 16.2. The molecule has 24 heavy (non-hydrogen) atoms. The molecule has 0 saturated heterocycles. The second-order valence-electron chi connectivity index (χ2n) is 5.39. The van der Waals surface area contributed by atoms with E-state index in [1.54, 1.807) is 32.4 Å². The maximum atomic E-state index is 10.7. The number of aromatic nitrogens is 1. The van der Waals surface area contributed by atoms with Crippen LogP contribution in [0, 0.1) is 10.1 Å². The Kier molecular flexibility index (Phi) is 4.22. The third-order valence-electron chi connectivity index (χ3n) is 4.06. The molecule has 2 heterocycles. The number of hydrogen-bond donors (Lipinski definition) is 1. The lowest BCUT2D eigenvalue weighted by atomic mass is 9.95. The molecular formula is C16H17N3O5. The number of hydrogen-bond acceptors (Lipinski definition) is 7. The van der Waals surface area contributed by atoms with Crippen molar-refractivity contribution in [3.05, 3.63) is 51.7 Å². The van der Waals surface area contributed by atoms with Gasteiger partial charge in [0.25, 0.3) is 5.69 Å². The number of nitro groups is 1. The largest absolute Gasteiger partial charge is 0.496 e. The van der Waals surface area contributed by atoms with E-state index in [0.717, 1.165) is 5.56 Å². The van der Waals surface area contributed by atoms with E-state index in [-0.39, 0.29) is 5.69 Å². The van der Waals surface area contributed by atoms with Gasteiger partial charge in [-0.2, -0.15) is 0 Å². The van der Waals surface area contributed by atoms with Gasteiger partial charge in [-0.1, -0.05) is 0 Å². The number of anilines is 1. The van der Waals surface area contributed by atoms with Crippen LogP contribution in [-0.4, -0.2) is 35.8 Å². The van der Waals surface area contributed by atoms with Gasteiger partial charge in [0.1, 0.15) is 29.6 Å². The van der Waals surface area contributed by atoms with Crippen LogP contribution in [0.3, 0.4) is 0 Å². The van der Waals surface area contributed by atoms with Crippen LogP contribution in [0.15, 0.2) is 30.5 Å². The van der Waals surface area contributed by atoms with Crippen molar-refractivity contribution in [3.8, 4) is 11.5 Å². The first kappa shape index (κ1) is 16.0. The number of nitrogens with zero attached hydrogens (tertiary/aromatic N) is 3. The Morgan fingerprint density at radius 1 is 1.25 bits per heavy atom. The van der Waals surface area contributed by atoms with Gasteiger partial charge in [0, 0.05) is 23.7 Å². The van der Waals surface area contributed by atoms with Gasteiger partial charge in [0.2, 0.25) is 0 Å². The molecule has 1 atom stereocenters. The molecule has 1 aliphatic heterocycles. The quantitative estimate of drug-likeness (QED) is 0.676. The average molecular weight is 331 g/mol. The molecule has 0 amide bonds. The summed E-state index contributed by atoms with van der Waals surface area (Å²) >= 11 is 0. The number of methoxy groups -OCH3 is 2. The molecule has 126 valence electrons. The fraction of sp³-hybridized carbons (Fsp3) is 0.312. The molecule has 0 spiro atoms. The summed E-state index contributed by atoms with van der Waals surface area (Å²) < 4.78 is 10.7. The maximum absolute atomic E-state index is 10.7. The third-order valence-corrected chi connectivity index (χ3v) is 4.06. The number of aliphatic hydroxyl groups excluding tert-OH is 1. The first-order chi connectivity index (χ1) is 11.5. The van der Waals surface area contributed by atoms with Crippen LogP contribution in [0.2, 0.25) is 0 Å². The van der Waals surface area contributed by atoms with Gasteiger partial charge < -0.3 is 19.5 Å². The van der Waals surface area contributed by atoms with E-state index in [1.807, 2.05) is 4.90 Å². The number of aliphatic hydroxyl groups is 1. The van der Waals surface area contributed by atoms with Crippen molar-refractivity contribution in [1.29, 1.82) is 0 Å². The second-order valence-corrected chi connectivity index (χ2v) is 5.39. The summed E-state index contributed by atoms with van der Waals surface area (Å²) in [5.41, 5.74) is 1.45. The minimum absolute atomic E-state index is 0.0732. The zero-order valence-corrected chi connectivity index (χ0v) is 13.3. The van der Waals surface area contributed by atoms with Crippen molar-refractivity contribution in [2.75, 3.05) is 25.7 Å². The smallest absolute Gasteiger partial charge is 0.287 e. The monoisotopic (exact) mass is 331 g/mol. The molecule has 1 aromatic heterocycles. The maximum Gasteiger partial charge on any atom is 0.287 e. The number of ether oxygens (including phenoxy) is 2. The van der Waals surface area contributed by atoms with E-state index in [0.29, 0.717) is 36.0 Å². The van der Waals surface area contributed by atoms with Crippen molar-refractivity contribution in [1.82, 2.24) is 4.98 Å². The van der Waals surface area contributed by atoms with E-state index < -0.39 is 11.0 Å². The van der Waals surface area contributed by atoms with Gasteiger partial charge in [0.15, 0.2) is 0 Å². The average Bonchev–Trinajstić information content (AvgIpc) is 2.60. The summed E-state index contributed by atoms with van der Waals surface area (Å²) in [5.74, 6) is 1.81. The number of β-amino-alcohol motifs (C(OH)–C–C–N with tert-alkyl or cyclic N) is 1. The van der Waals surface area contributed by atoms with Crippen LogP contribution >= 0.6 is 0 Å².